The molecule has 0 bridgehead atoms. The maximum atomic E-state index is 12.8. The Morgan fingerprint density at radius 2 is 1.63 bits per heavy atom. The number of hydrogen-bond donors (Lipinski definition) is 1. The molecule has 1 saturated heterocycles. The third-order valence-corrected chi connectivity index (χ3v) is 6.62. The van der Waals surface area contributed by atoms with Gasteiger partial charge in [-0.2, -0.15) is 0 Å². The van der Waals surface area contributed by atoms with E-state index in [1.165, 1.54) is 0 Å². The zero-order valence-electron chi connectivity index (χ0n) is 17.7. The smallest absolute Gasteiger partial charge is 0.238 e. The molecule has 7 heteroatoms. The fourth-order valence-electron chi connectivity index (χ4n) is 3.54. The molecular formula is C23H28ClN3O2S. The molecule has 3 rings (SSSR count). The van der Waals surface area contributed by atoms with Gasteiger partial charge in [0.1, 0.15) is 0 Å². The molecule has 2 aromatic carbocycles. The Hall–Kier alpha value is -2.02. The number of aryl methyl sites for hydroxylation is 2. The van der Waals surface area contributed by atoms with Crippen LogP contribution in [0.25, 0.3) is 0 Å². The Kier molecular flexibility index (Phi) is 7.81. The Morgan fingerprint density at radius 3 is 2.23 bits per heavy atom. The fraction of sp³-hybridized carbons (Fsp3) is 0.391. The molecule has 1 aliphatic rings. The summed E-state index contributed by atoms with van der Waals surface area (Å²) < 4.78 is 0. The first-order valence-corrected chi connectivity index (χ1v) is 11.4. The molecular weight excluding hydrogens is 418 g/mol. The van der Waals surface area contributed by atoms with E-state index < -0.39 is 0 Å². The average molecular weight is 446 g/mol. The van der Waals surface area contributed by atoms with Crippen molar-refractivity contribution in [2.45, 2.75) is 30.9 Å². The summed E-state index contributed by atoms with van der Waals surface area (Å²) in [6.45, 7) is 8.94. The number of nitrogens with zero attached hydrogens (tertiary/aromatic N) is 2. The molecule has 1 atom stereocenters. The second-order valence-corrected chi connectivity index (χ2v) is 9.48. The Balaban J connectivity index is 1.46. The molecule has 30 heavy (non-hydrogen) atoms. The molecule has 2 amide bonds. The van der Waals surface area contributed by atoms with Gasteiger partial charge in [0, 0.05) is 41.8 Å². The summed E-state index contributed by atoms with van der Waals surface area (Å²) >= 11 is 7.47. The summed E-state index contributed by atoms with van der Waals surface area (Å²) in [6.07, 6.45) is 0. The van der Waals surface area contributed by atoms with E-state index >= 15 is 0 Å². The average Bonchev–Trinajstić information content (AvgIpc) is 2.72. The lowest BCUT2D eigenvalue weighted by Gasteiger charge is -2.35. The van der Waals surface area contributed by atoms with Gasteiger partial charge in [-0.15, -0.1) is 11.8 Å². The predicted molar refractivity (Wildman–Crippen MR) is 124 cm³/mol. The van der Waals surface area contributed by atoms with Crippen molar-refractivity contribution in [2.75, 3.05) is 38.0 Å². The standard InChI is InChI=1S/C23H28ClN3O2S/c1-16-5-4-6-17(2)22(16)25-21(28)15-26-11-13-27(14-12-26)23(29)18(3)30-20-9-7-19(24)8-10-20/h4-10,18H,11-15H2,1-3H3,(H,25,28). The second-order valence-electron chi connectivity index (χ2n) is 7.63. The first-order valence-electron chi connectivity index (χ1n) is 10.1. The lowest BCUT2D eigenvalue weighted by atomic mass is 10.1. The van der Waals surface area contributed by atoms with Gasteiger partial charge in [0.2, 0.25) is 11.8 Å². The minimum atomic E-state index is -0.162. The first-order chi connectivity index (χ1) is 14.3. The Morgan fingerprint density at radius 1 is 1.03 bits per heavy atom. The minimum absolute atomic E-state index is 0.0150. The highest BCUT2D eigenvalue weighted by Crippen LogP contribution is 2.26. The van der Waals surface area contributed by atoms with Crippen LogP contribution in [0.5, 0.6) is 0 Å². The normalized spacial score (nSPS) is 15.7. The minimum Gasteiger partial charge on any atom is -0.339 e. The van der Waals surface area contributed by atoms with Gasteiger partial charge in [0.05, 0.1) is 11.8 Å². The maximum Gasteiger partial charge on any atom is 0.238 e. The van der Waals surface area contributed by atoms with Crippen molar-refractivity contribution in [2.24, 2.45) is 0 Å². The van der Waals surface area contributed by atoms with E-state index in [0.29, 0.717) is 37.7 Å². The van der Waals surface area contributed by atoms with Crippen molar-refractivity contribution in [3.8, 4) is 0 Å². The topological polar surface area (TPSA) is 52.7 Å². The summed E-state index contributed by atoms with van der Waals surface area (Å²) in [5.74, 6) is 0.119. The lowest BCUT2D eigenvalue weighted by molar-refractivity contribution is -0.132. The van der Waals surface area contributed by atoms with Crippen molar-refractivity contribution < 1.29 is 9.59 Å². The molecule has 0 aliphatic carbocycles. The highest BCUT2D eigenvalue weighted by Gasteiger charge is 2.26. The molecule has 1 heterocycles. The SMILES string of the molecule is Cc1cccc(C)c1NC(=O)CN1CCN(C(=O)C(C)Sc2ccc(Cl)cc2)CC1. The third kappa shape index (κ3) is 6.00. The van der Waals surface area contributed by atoms with Crippen molar-refractivity contribution in [3.05, 3.63) is 58.6 Å². The first kappa shape index (κ1) is 22.7. The molecule has 0 aromatic heterocycles. The number of anilines is 1. The van der Waals surface area contributed by atoms with Crippen LogP contribution in [0.15, 0.2) is 47.4 Å². The summed E-state index contributed by atoms with van der Waals surface area (Å²) in [4.78, 5) is 30.3. The number of amides is 2. The molecule has 5 nitrogen and oxygen atoms in total. The van der Waals surface area contributed by atoms with Gasteiger partial charge in [-0.05, 0) is 56.2 Å². The second kappa shape index (κ2) is 10.3. The number of carbonyl (C=O) groups is 2. The van der Waals surface area contributed by atoms with Crippen LogP contribution in [0.4, 0.5) is 5.69 Å². The van der Waals surface area contributed by atoms with Crippen LogP contribution in [0.3, 0.4) is 0 Å². The van der Waals surface area contributed by atoms with Crippen LogP contribution >= 0.6 is 23.4 Å². The van der Waals surface area contributed by atoms with E-state index in [2.05, 4.69) is 10.2 Å². The Bertz CT molecular complexity index is 876. The van der Waals surface area contributed by atoms with Gasteiger partial charge < -0.3 is 10.2 Å². The van der Waals surface area contributed by atoms with E-state index in [9.17, 15) is 9.59 Å². The number of para-hydroxylation sites is 1. The highest BCUT2D eigenvalue weighted by atomic mass is 35.5. The van der Waals surface area contributed by atoms with Gasteiger partial charge in [-0.25, -0.2) is 0 Å². The molecule has 1 fully saturated rings. The quantitative estimate of drug-likeness (QED) is 0.676. The van der Waals surface area contributed by atoms with Crippen LogP contribution in [0.2, 0.25) is 5.02 Å². The van der Waals surface area contributed by atoms with Crippen molar-refractivity contribution in [3.63, 3.8) is 0 Å². The number of halogens is 1. The number of rotatable bonds is 6. The van der Waals surface area contributed by atoms with Gasteiger partial charge >= 0.3 is 0 Å². The van der Waals surface area contributed by atoms with Crippen LogP contribution in [0.1, 0.15) is 18.1 Å². The third-order valence-electron chi connectivity index (χ3n) is 5.27. The number of hydrogen-bond acceptors (Lipinski definition) is 4. The van der Waals surface area contributed by atoms with Gasteiger partial charge in [0.25, 0.3) is 0 Å². The zero-order chi connectivity index (χ0) is 21.7. The molecule has 160 valence electrons. The zero-order valence-corrected chi connectivity index (χ0v) is 19.2. The number of benzene rings is 2. The maximum absolute atomic E-state index is 12.8. The van der Waals surface area contributed by atoms with Crippen LogP contribution in [-0.2, 0) is 9.59 Å². The molecule has 2 aromatic rings. The van der Waals surface area contributed by atoms with Crippen LogP contribution in [0, 0.1) is 13.8 Å². The molecule has 0 radical (unpaired) electrons. The fourth-order valence-corrected chi connectivity index (χ4v) is 4.62. The molecule has 1 unspecified atom stereocenters. The van der Waals surface area contributed by atoms with Gasteiger partial charge in [-0.1, -0.05) is 29.8 Å². The molecule has 0 spiro atoms. The highest BCUT2D eigenvalue weighted by molar-refractivity contribution is 8.00. The Labute approximate surface area is 187 Å². The van der Waals surface area contributed by atoms with Gasteiger partial charge in [-0.3, -0.25) is 14.5 Å². The molecule has 0 saturated carbocycles. The van der Waals surface area contributed by atoms with Crippen molar-refractivity contribution in [1.29, 1.82) is 0 Å². The van der Waals surface area contributed by atoms with Crippen LogP contribution < -0.4 is 5.32 Å². The van der Waals surface area contributed by atoms with Gasteiger partial charge in [0.15, 0.2) is 0 Å². The number of thioether (sulfide) groups is 1. The summed E-state index contributed by atoms with van der Waals surface area (Å²) in [5.41, 5.74) is 3.02. The van der Waals surface area contributed by atoms with Crippen molar-refractivity contribution >= 4 is 40.9 Å². The van der Waals surface area contributed by atoms with Crippen molar-refractivity contribution in [1.82, 2.24) is 9.80 Å². The summed E-state index contributed by atoms with van der Waals surface area (Å²) in [6, 6.07) is 13.5. The number of carbonyl (C=O) groups excluding carboxylic acids is 2. The summed E-state index contributed by atoms with van der Waals surface area (Å²) in [7, 11) is 0. The van der Waals surface area contributed by atoms with E-state index in [0.717, 1.165) is 21.7 Å². The number of piperazine rings is 1. The number of nitrogens with one attached hydrogen (secondary N) is 1. The van der Waals surface area contributed by atoms with E-state index in [-0.39, 0.29) is 17.1 Å². The largest absolute Gasteiger partial charge is 0.339 e. The monoisotopic (exact) mass is 445 g/mol. The molecule has 1 aliphatic heterocycles. The summed E-state index contributed by atoms with van der Waals surface area (Å²) in [5, 5.41) is 3.56. The predicted octanol–water partition coefficient (Wildman–Crippen LogP) is 4.22. The van der Waals surface area contributed by atoms with E-state index in [1.807, 2.05) is 68.1 Å². The van der Waals surface area contributed by atoms with E-state index in [1.54, 1.807) is 11.8 Å². The lowest BCUT2D eigenvalue weighted by Crippen LogP contribution is -2.52. The van der Waals surface area contributed by atoms with E-state index in [4.69, 9.17) is 11.6 Å². The molecule has 1 N–H and O–H groups in total. The van der Waals surface area contributed by atoms with Crippen LogP contribution in [-0.4, -0.2) is 59.6 Å².